The Balaban J connectivity index is 1.70. The van der Waals surface area contributed by atoms with E-state index in [1.807, 2.05) is 16.9 Å². The zero-order valence-corrected chi connectivity index (χ0v) is 14.4. The van der Waals surface area contributed by atoms with Crippen LogP contribution in [0.5, 0.6) is 0 Å². The maximum Gasteiger partial charge on any atom is 0.250 e. The normalized spacial score (nSPS) is 22.5. The smallest absolute Gasteiger partial charge is 0.250 e. The van der Waals surface area contributed by atoms with Gasteiger partial charge in [-0.3, -0.25) is 14.4 Å². The van der Waals surface area contributed by atoms with E-state index >= 15 is 0 Å². The van der Waals surface area contributed by atoms with Crippen molar-refractivity contribution in [3.63, 3.8) is 0 Å². The van der Waals surface area contributed by atoms with Crippen LogP contribution in [-0.4, -0.2) is 71.3 Å². The van der Waals surface area contributed by atoms with Gasteiger partial charge in [0.15, 0.2) is 0 Å². The summed E-state index contributed by atoms with van der Waals surface area (Å²) < 4.78 is 1.90. The Labute approximate surface area is 138 Å². The average molecular weight is 319 g/mol. The van der Waals surface area contributed by atoms with Crippen molar-refractivity contribution in [3.05, 3.63) is 18.5 Å². The molecule has 0 atom stereocenters. The van der Waals surface area contributed by atoms with Crippen LogP contribution < -0.4 is 5.32 Å². The predicted octanol–water partition coefficient (Wildman–Crippen LogP) is 0.762. The van der Waals surface area contributed by atoms with E-state index in [2.05, 4.69) is 34.1 Å². The zero-order valence-electron chi connectivity index (χ0n) is 14.4. The molecule has 23 heavy (non-hydrogen) atoms. The Morgan fingerprint density at radius 3 is 2.48 bits per heavy atom. The van der Waals surface area contributed by atoms with Gasteiger partial charge in [0.25, 0.3) is 5.91 Å². The van der Waals surface area contributed by atoms with E-state index < -0.39 is 5.54 Å². The zero-order chi connectivity index (χ0) is 16.3. The molecule has 2 saturated heterocycles. The summed E-state index contributed by atoms with van der Waals surface area (Å²) in [5.74, 6) is 0.934. The minimum atomic E-state index is -0.491. The number of aromatic nitrogens is 2. The van der Waals surface area contributed by atoms with E-state index in [0.29, 0.717) is 5.92 Å². The number of carbonyl (C=O) groups excluding carboxylic acids is 1. The Hall–Kier alpha value is -1.40. The van der Waals surface area contributed by atoms with Crippen LogP contribution in [-0.2, 0) is 10.3 Å². The monoisotopic (exact) mass is 319 g/mol. The van der Waals surface area contributed by atoms with Gasteiger partial charge in [-0.1, -0.05) is 13.8 Å². The number of amides is 1. The van der Waals surface area contributed by atoms with Crippen LogP contribution in [0.3, 0.4) is 0 Å². The SMILES string of the molecule is CC(C)CN1CCN(C(=O)C2(n3cccn3)CCNCC2)CC1. The van der Waals surface area contributed by atoms with Gasteiger partial charge in [0.05, 0.1) is 0 Å². The van der Waals surface area contributed by atoms with Crippen molar-refractivity contribution in [3.8, 4) is 0 Å². The molecule has 6 heteroatoms. The van der Waals surface area contributed by atoms with E-state index in [1.165, 1.54) is 0 Å². The molecule has 3 rings (SSSR count). The van der Waals surface area contributed by atoms with Gasteiger partial charge in [-0.2, -0.15) is 5.10 Å². The molecule has 0 spiro atoms. The summed E-state index contributed by atoms with van der Waals surface area (Å²) in [6.45, 7) is 11.0. The lowest BCUT2D eigenvalue weighted by Gasteiger charge is -2.43. The molecule has 1 aromatic rings. The van der Waals surface area contributed by atoms with Crippen LogP contribution in [0.2, 0.25) is 0 Å². The van der Waals surface area contributed by atoms with Crippen LogP contribution in [0.25, 0.3) is 0 Å². The lowest BCUT2D eigenvalue weighted by Crippen LogP contribution is -2.59. The summed E-state index contributed by atoms with van der Waals surface area (Å²) in [5, 5.41) is 7.78. The average Bonchev–Trinajstić information content (AvgIpc) is 3.10. The number of hydrogen-bond donors (Lipinski definition) is 1. The first-order valence-electron chi connectivity index (χ1n) is 8.84. The van der Waals surface area contributed by atoms with Crippen molar-refractivity contribution in [2.75, 3.05) is 45.8 Å². The Morgan fingerprint density at radius 2 is 1.91 bits per heavy atom. The van der Waals surface area contributed by atoms with E-state index in [9.17, 15) is 4.79 Å². The Kier molecular flexibility index (Phi) is 5.02. The topological polar surface area (TPSA) is 53.4 Å². The van der Waals surface area contributed by atoms with Gasteiger partial charge in [0.2, 0.25) is 0 Å². The first kappa shape index (κ1) is 16.5. The number of piperidine rings is 1. The van der Waals surface area contributed by atoms with Crippen LogP contribution in [0.1, 0.15) is 26.7 Å². The second kappa shape index (κ2) is 7.01. The molecule has 1 N–H and O–H groups in total. The molecule has 0 aromatic carbocycles. The number of nitrogens with zero attached hydrogens (tertiary/aromatic N) is 4. The largest absolute Gasteiger partial charge is 0.338 e. The summed E-state index contributed by atoms with van der Waals surface area (Å²) in [5.41, 5.74) is -0.491. The summed E-state index contributed by atoms with van der Waals surface area (Å²) in [4.78, 5) is 17.9. The first-order chi connectivity index (χ1) is 11.1. The van der Waals surface area contributed by atoms with Crippen molar-refractivity contribution in [2.24, 2.45) is 5.92 Å². The van der Waals surface area contributed by atoms with Crippen molar-refractivity contribution in [1.29, 1.82) is 0 Å². The highest BCUT2D eigenvalue weighted by atomic mass is 16.2. The molecular weight excluding hydrogens is 290 g/mol. The number of nitrogens with one attached hydrogen (secondary N) is 1. The minimum absolute atomic E-state index is 0.256. The minimum Gasteiger partial charge on any atom is -0.338 e. The van der Waals surface area contributed by atoms with E-state index in [0.717, 1.165) is 58.7 Å². The van der Waals surface area contributed by atoms with E-state index in [-0.39, 0.29) is 5.91 Å². The lowest BCUT2D eigenvalue weighted by molar-refractivity contribution is -0.145. The van der Waals surface area contributed by atoms with Gasteiger partial charge in [-0.05, 0) is 37.9 Å². The third-order valence-corrected chi connectivity index (χ3v) is 5.05. The fourth-order valence-electron chi connectivity index (χ4n) is 3.85. The van der Waals surface area contributed by atoms with Gasteiger partial charge in [-0.25, -0.2) is 0 Å². The van der Waals surface area contributed by atoms with Crippen LogP contribution in [0.4, 0.5) is 0 Å². The van der Waals surface area contributed by atoms with Gasteiger partial charge in [0.1, 0.15) is 5.54 Å². The molecule has 0 radical (unpaired) electrons. The van der Waals surface area contributed by atoms with Crippen LogP contribution in [0, 0.1) is 5.92 Å². The molecule has 1 amide bonds. The molecule has 0 saturated carbocycles. The molecule has 1 aromatic heterocycles. The van der Waals surface area contributed by atoms with Gasteiger partial charge in [-0.15, -0.1) is 0 Å². The van der Waals surface area contributed by atoms with Gasteiger partial charge >= 0.3 is 0 Å². The molecule has 6 nitrogen and oxygen atoms in total. The summed E-state index contributed by atoms with van der Waals surface area (Å²) in [7, 11) is 0. The standard InChI is InChI=1S/C17H29N5O/c1-15(2)14-20-10-12-21(13-11-20)16(23)17(4-7-18-8-5-17)22-9-3-6-19-22/h3,6,9,15,18H,4-5,7-8,10-14H2,1-2H3. The van der Waals surface area contributed by atoms with Crippen LogP contribution >= 0.6 is 0 Å². The molecule has 2 aliphatic rings. The number of rotatable bonds is 4. The van der Waals surface area contributed by atoms with Crippen molar-refractivity contribution < 1.29 is 4.79 Å². The maximum atomic E-state index is 13.3. The fraction of sp³-hybridized carbons (Fsp3) is 0.765. The quantitative estimate of drug-likeness (QED) is 0.890. The number of piperazine rings is 1. The van der Waals surface area contributed by atoms with E-state index in [4.69, 9.17) is 0 Å². The first-order valence-corrected chi connectivity index (χ1v) is 8.84. The molecule has 2 aliphatic heterocycles. The molecular formula is C17H29N5O. The van der Waals surface area contributed by atoms with Crippen molar-refractivity contribution >= 4 is 5.91 Å². The van der Waals surface area contributed by atoms with Gasteiger partial charge < -0.3 is 10.2 Å². The third-order valence-electron chi connectivity index (χ3n) is 5.05. The van der Waals surface area contributed by atoms with Crippen molar-refractivity contribution in [1.82, 2.24) is 24.9 Å². The van der Waals surface area contributed by atoms with Gasteiger partial charge in [0, 0.05) is 45.1 Å². The summed E-state index contributed by atoms with van der Waals surface area (Å²) >= 11 is 0. The lowest BCUT2D eigenvalue weighted by atomic mass is 9.86. The Morgan fingerprint density at radius 1 is 1.22 bits per heavy atom. The molecule has 0 unspecified atom stereocenters. The van der Waals surface area contributed by atoms with E-state index in [1.54, 1.807) is 6.20 Å². The highest BCUT2D eigenvalue weighted by molar-refractivity contribution is 5.84. The number of hydrogen-bond acceptors (Lipinski definition) is 4. The summed E-state index contributed by atoms with van der Waals surface area (Å²) in [6.07, 6.45) is 5.36. The molecule has 128 valence electrons. The summed E-state index contributed by atoms with van der Waals surface area (Å²) in [6, 6.07) is 1.91. The Bertz CT molecular complexity index is 499. The maximum absolute atomic E-state index is 13.3. The molecule has 0 aliphatic carbocycles. The van der Waals surface area contributed by atoms with Crippen LogP contribution in [0.15, 0.2) is 18.5 Å². The second-order valence-electron chi connectivity index (χ2n) is 7.22. The fourth-order valence-corrected chi connectivity index (χ4v) is 3.85. The molecule has 0 bridgehead atoms. The molecule has 3 heterocycles. The predicted molar refractivity (Wildman–Crippen MR) is 90.2 cm³/mol. The number of carbonyl (C=O) groups is 1. The molecule has 2 fully saturated rings. The highest BCUT2D eigenvalue weighted by Gasteiger charge is 2.44. The third kappa shape index (κ3) is 3.43. The highest BCUT2D eigenvalue weighted by Crippen LogP contribution is 2.29. The second-order valence-corrected chi connectivity index (χ2v) is 7.22. The van der Waals surface area contributed by atoms with Crippen molar-refractivity contribution in [2.45, 2.75) is 32.2 Å².